The van der Waals surface area contributed by atoms with Crippen molar-refractivity contribution in [3.63, 3.8) is 0 Å². The fourth-order valence-corrected chi connectivity index (χ4v) is 0.0456. The lowest BCUT2D eigenvalue weighted by molar-refractivity contribution is 0.195. The van der Waals surface area contributed by atoms with Crippen LogP contribution in [0.15, 0.2) is 4.99 Å². The Morgan fingerprint density at radius 1 is 1.83 bits per heavy atom. The van der Waals surface area contributed by atoms with Crippen molar-refractivity contribution in [2.24, 2.45) is 4.99 Å². The summed E-state index contributed by atoms with van der Waals surface area (Å²) < 4.78 is 3.78. The van der Waals surface area contributed by atoms with E-state index in [4.69, 9.17) is 0 Å². The molecule has 0 rings (SSSR count). The molecular weight excluding hydrogens is 82.0 g/mol. The van der Waals surface area contributed by atoms with Crippen LogP contribution in [0, 0.1) is 7.11 Å². The van der Waals surface area contributed by atoms with E-state index in [9.17, 15) is 4.79 Å². The molecule has 0 aliphatic rings. The van der Waals surface area contributed by atoms with Gasteiger partial charge in [-0.05, 0) is 6.72 Å². The van der Waals surface area contributed by atoms with Gasteiger partial charge in [0.05, 0.1) is 0 Å². The van der Waals surface area contributed by atoms with Gasteiger partial charge in [0.25, 0.3) is 0 Å². The normalized spacial score (nSPS) is 6.83. The van der Waals surface area contributed by atoms with Gasteiger partial charge in [-0.3, -0.25) is 0 Å². The minimum absolute atomic E-state index is 0.755. The molecular formula is C3H4NO2. The van der Waals surface area contributed by atoms with Gasteiger partial charge in [0.2, 0.25) is 0 Å². The number of amides is 1. The highest BCUT2D eigenvalue weighted by Crippen LogP contribution is 1.73. The first-order chi connectivity index (χ1) is 2.81. The lowest BCUT2D eigenvalue weighted by Crippen LogP contribution is -1.86. The first kappa shape index (κ1) is 5.14. The van der Waals surface area contributed by atoms with E-state index in [1.807, 2.05) is 0 Å². The predicted octanol–water partition coefficient (Wildman–Crippen LogP) is 0.615. The second-order valence-electron chi connectivity index (χ2n) is 0.568. The molecule has 0 aromatic rings. The molecule has 33 valence electrons. The molecule has 0 aromatic carbocycles. The first-order valence-corrected chi connectivity index (χ1v) is 1.24. The van der Waals surface area contributed by atoms with Crippen molar-refractivity contribution >= 4 is 12.8 Å². The summed E-state index contributed by atoms with van der Waals surface area (Å²) in [5, 5.41) is 0. The number of nitrogens with zero attached hydrogens (tertiary/aromatic N) is 1. The zero-order chi connectivity index (χ0) is 4.99. The Morgan fingerprint density at radius 3 is 2.33 bits per heavy atom. The Kier molecular flexibility index (Phi) is 2.04. The van der Waals surface area contributed by atoms with Crippen LogP contribution in [0.2, 0.25) is 0 Å². The van der Waals surface area contributed by atoms with Crippen LogP contribution in [0.1, 0.15) is 0 Å². The largest absolute Gasteiger partial charge is 0.444 e. The standard InChI is InChI=1S/C3H4NO2/c1-4-3(5)6-2/h1-2H2. The van der Waals surface area contributed by atoms with Crippen molar-refractivity contribution in [1.29, 1.82) is 0 Å². The van der Waals surface area contributed by atoms with Crippen LogP contribution in [-0.2, 0) is 4.74 Å². The van der Waals surface area contributed by atoms with Gasteiger partial charge in [-0.2, -0.15) is 4.99 Å². The zero-order valence-corrected chi connectivity index (χ0v) is 3.18. The lowest BCUT2D eigenvalue weighted by Gasteiger charge is -1.81. The Hall–Kier alpha value is -0.860. The molecule has 1 amide bonds. The van der Waals surface area contributed by atoms with Gasteiger partial charge in [0.1, 0.15) is 7.11 Å². The summed E-state index contributed by atoms with van der Waals surface area (Å²) in [7, 11) is 2.77. The number of aliphatic imine (C=N–C) groups is 1. The second-order valence-corrected chi connectivity index (χ2v) is 0.568. The summed E-state index contributed by atoms with van der Waals surface area (Å²) in [6.07, 6.45) is -0.755. The maximum absolute atomic E-state index is 9.67. The molecule has 1 radical (unpaired) electrons. The van der Waals surface area contributed by atoms with E-state index in [0.717, 1.165) is 0 Å². The molecule has 0 heterocycles. The minimum atomic E-state index is -0.755. The lowest BCUT2D eigenvalue weighted by atomic mass is 11.2. The highest BCUT2D eigenvalue weighted by atomic mass is 16.5. The Balaban J connectivity index is 3.23. The van der Waals surface area contributed by atoms with Crippen molar-refractivity contribution in [3.8, 4) is 0 Å². The third-order valence-electron chi connectivity index (χ3n) is 0.253. The van der Waals surface area contributed by atoms with Gasteiger partial charge in [-0.1, -0.05) is 0 Å². The van der Waals surface area contributed by atoms with E-state index in [0.29, 0.717) is 0 Å². The van der Waals surface area contributed by atoms with E-state index in [1.54, 1.807) is 0 Å². The highest BCUT2D eigenvalue weighted by Gasteiger charge is 1.84. The van der Waals surface area contributed by atoms with Crippen LogP contribution >= 0.6 is 0 Å². The molecule has 0 saturated carbocycles. The smallest absolute Gasteiger partial charge is 0.433 e. The van der Waals surface area contributed by atoms with Crippen LogP contribution < -0.4 is 0 Å². The highest BCUT2D eigenvalue weighted by molar-refractivity contribution is 5.72. The number of ether oxygens (including phenoxy) is 1. The van der Waals surface area contributed by atoms with Crippen LogP contribution in [0.3, 0.4) is 0 Å². The fourth-order valence-electron chi connectivity index (χ4n) is 0.0456. The Labute approximate surface area is 35.6 Å². The van der Waals surface area contributed by atoms with E-state index in [-0.39, 0.29) is 0 Å². The van der Waals surface area contributed by atoms with Crippen molar-refractivity contribution in [2.45, 2.75) is 0 Å². The monoisotopic (exact) mass is 86.0 g/mol. The predicted molar refractivity (Wildman–Crippen MR) is 21.4 cm³/mol. The molecule has 0 atom stereocenters. The molecule has 0 saturated heterocycles. The SMILES string of the molecule is [CH2]OC(=O)N=C. The van der Waals surface area contributed by atoms with Gasteiger partial charge < -0.3 is 4.74 Å². The summed E-state index contributed by atoms with van der Waals surface area (Å²) in [4.78, 5) is 12.5. The zero-order valence-electron chi connectivity index (χ0n) is 3.18. The van der Waals surface area contributed by atoms with Crippen molar-refractivity contribution in [1.82, 2.24) is 0 Å². The Bertz CT molecular complexity index is 69.2. The molecule has 0 spiro atoms. The molecule has 6 heavy (non-hydrogen) atoms. The van der Waals surface area contributed by atoms with Crippen LogP contribution in [0.4, 0.5) is 4.79 Å². The van der Waals surface area contributed by atoms with E-state index in [2.05, 4.69) is 23.6 Å². The summed E-state index contributed by atoms with van der Waals surface area (Å²) in [6.45, 7) is 2.87. The summed E-state index contributed by atoms with van der Waals surface area (Å²) in [6, 6.07) is 0. The van der Waals surface area contributed by atoms with Crippen molar-refractivity contribution in [3.05, 3.63) is 7.11 Å². The fraction of sp³-hybridized carbons (Fsp3) is 0. The third kappa shape index (κ3) is 1.46. The summed E-state index contributed by atoms with van der Waals surface area (Å²) in [5.41, 5.74) is 0. The minimum Gasteiger partial charge on any atom is -0.444 e. The van der Waals surface area contributed by atoms with E-state index in [1.165, 1.54) is 0 Å². The number of carbonyl (C=O) groups excluding carboxylic acids is 1. The quantitative estimate of drug-likeness (QED) is 0.405. The Morgan fingerprint density at radius 2 is 2.33 bits per heavy atom. The number of rotatable bonds is 0. The molecule has 0 N–H and O–H groups in total. The molecule has 3 nitrogen and oxygen atoms in total. The molecule has 3 heteroatoms. The topological polar surface area (TPSA) is 38.7 Å². The maximum Gasteiger partial charge on any atom is 0.433 e. The van der Waals surface area contributed by atoms with Gasteiger partial charge in [-0.15, -0.1) is 0 Å². The average molecular weight is 86.1 g/mol. The van der Waals surface area contributed by atoms with E-state index < -0.39 is 6.09 Å². The second kappa shape index (κ2) is 2.38. The van der Waals surface area contributed by atoms with Gasteiger partial charge in [0.15, 0.2) is 0 Å². The van der Waals surface area contributed by atoms with Crippen molar-refractivity contribution in [2.75, 3.05) is 0 Å². The van der Waals surface area contributed by atoms with Gasteiger partial charge in [0, 0.05) is 0 Å². The van der Waals surface area contributed by atoms with Crippen LogP contribution in [0.5, 0.6) is 0 Å². The van der Waals surface area contributed by atoms with Crippen LogP contribution in [-0.4, -0.2) is 12.8 Å². The third-order valence-corrected chi connectivity index (χ3v) is 0.253. The molecule has 0 bridgehead atoms. The summed E-state index contributed by atoms with van der Waals surface area (Å²) >= 11 is 0. The first-order valence-electron chi connectivity index (χ1n) is 1.24. The van der Waals surface area contributed by atoms with Crippen molar-refractivity contribution < 1.29 is 9.53 Å². The molecule has 0 unspecified atom stereocenters. The summed E-state index contributed by atoms with van der Waals surface area (Å²) in [5.74, 6) is 0. The van der Waals surface area contributed by atoms with Gasteiger partial charge >= 0.3 is 6.09 Å². The number of hydrogen-bond donors (Lipinski definition) is 0. The average Bonchev–Trinajstić information content (AvgIpc) is 1.65. The van der Waals surface area contributed by atoms with E-state index >= 15 is 0 Å². The maximum atomic E-state index is 9.67. The van der Waals surface area contributed by atoms with Gasteiger partial charge in [-0.25, -0.2) is 4.79 Å². The molecule has 0 aliphatic carbocycles. The molecule has 0 aromatic heterocycles. The van der Waals surface area contributed by atoms with Crippen LogP contribution in [0.25, 0.3) is 0 Å². The molecule has 0 aliphatic heterocycles. The number of hydrogen-bond acceptors (Lipinski definition) is 2. The number of carbonyl (C=O) groups is 1. The molecule has 0 fully saturated rings.